The lowest BCUT2D eigenvalue weighted by atomic mass is 10.3. The van der Waals surface area contributed by atoms with Gasteiger partial charge in [0.05, 0.1) is 0 Å². The highest BCUT2D eigenvalue weighted by molar-refractivity contribution is 5.27. The van der Waals surface area contributed by atoms with Crippen LogP contribution in [0.1, 0.15) is 18.3 Å². The van der Waals surface area contributed by atoms with Gasteiger partial charge in [0.15, 0.2) is 0 Å². The molecule has 2 rings (SSSR count). The van der Waals surface area contributed by atoms with Gasteiger partial charge < -0.3 is 5.32 Å². The molecule has 2 aromatic heterocycles. The molecule has 0 aliphatic rings. The van der Waals surface area contributed by atoms with Crippen LogP contribution in [0.15, 0.2) is 30.7 Å². The van der Waals surface area contributed by atoms with E-state index in [0.29, 0.717) is 0 Å². The first-order valence-electron chi connectivity index (χ1n) is 5.47. The Morgan fingerprint density at radius 3 is 2.81 bits per heavy atom. The average Bonchev–Trinajstić information content (AvgIpc) is 2.78. The fraction of sp³-hybridized carbons (Fsp3) is 0.333. The SMILES string of the molecule is CCc1nccn1-c1ccc(CNC)cn1. The first kappa shape index (κ1) is 10.8. The van der Waals surface area contributed by atoms with Gasteiger partial charge in [-0.15, -0.1) is 0 Å². The molecular formula is C12H16N4. The summed E-state index contributed by atoms with van der Waals surface area (Å²) in [6.07, 6.45) is 6.55. The third-order valence-corrected chi connectivity index (χ3v) is 2.47. The molecule has 2 heterocycles. The van der Waals surface area contributed by atoms with Crippen molar-refractivity contribution in [1.29, 1.82) is 0 Å². The maximum atomic E-state index is 4.43. The fourth-order valence-electron chi connectivity index (χ4n) is 1.67. The Balaban J connectivity index is 2.27. The second-order valence-electron chi connectivity index (χ2n) is 3.62. The van der Waals surface area contributed by atoms with Crippen LogP contribution >= 0.6 is 0 Å². The Labute approximate surface area is 95.4 Å². The molecule has 0 unspecified atom stereocenters. The summed E-state index contributed by atoms with van der Waals surface area (Å²) in [6.45, 7) is 2.94. The molecule has 0 spiro atoms. The Hall–Kier alpha value is -1.68. The Bertz CT molecular complexity index is 444. The molecule has 0 amide bonds. The largest absolute Gasteiger partial charge is 0.316 e. The third-order valence-electron chi connectivity index (χ3n) is 2.47. The molecule has 0 saturated heterocycles. The van der Waals surface area contributed by atoms with Gasteiger partial charge in [0, 0.05) is 31.6 Å². The van der Waals surface area contributed by atoms with Crippen LogP contribution in [0.4, 0.5) is 0 Å². The van der Waals surface area contributed by atoms with Gasteiger partial charge >= 0.3 is 0 Å². The summed E-state index contributed by atoms with van der Waals surface area (Å²) < 4.78 is 2.02. The van der Waals surface area contributed by atoms with Gasteiger partial charge in [0.2, 0.25) is 0 Å². The summed E-state index contributed by atoms with van der Waals surface area (Å²) in [5.41, 5.74) is 1.18. The van der Waals surface area contributed by atoms with Gasteiger partial charge in [-0.2, -0.15) is 0 Å². The highest BCUT2D eigenvalue weighted by Gasteiger charge is 2.03. The molecule has 0 aromatic carbocycles. The maximum Gasteiger partial charge on any atom is 0.137 e. The van der Waals surface area contributed by atoms with Crippen LogP contribution in [0.3, 0.4) is 0 Å². The summed E-state index contributed by atoms with van der Waals surface area (Å²) in [7, 11) is 1.93. The average molecular weight is 216 g/mol. The number of imidazole rings is 1. The molecule has 84 valence electrons. The van der Waals surface area contributed by atoms with Crippen molar-refractivity contribution < 1.29 is 0 Å². The van der Waals surface area contributed by atoms with Crippen LogP contribution in [0, 0.1) is 0 Å². The van der Waals surface area contributed by atoms with Crippen molar-refractivity contribution in [2.24, 2.45) is 0 Å². The van der Waals surface area contributed by atoms with E-state index in [0.717, 1.165) is 24.6 Å². The van der Waals surface area contributed by atoms with Crippen molar-refractivity contribution in [2.45, 2.75) is 19.9 Å². The maximum absolute atomic E-state index is 4.43. The van der Waals surface area contributed by atoms with Crippen molar-refractivity contribution in [3.05, 3.63) is 42.1 Å². The predicted molar refractivity (Wildman–Crippen MR) is 63.5 cm³/mol. The molecule has 4 heteroatoms. The fourth-order valence-corrected chi connectivity index (χ4v) is 1.67. The topological polar surface area (TPSA) is 42.7 Å². The smallest absolute Gasteiger partial charge is 0.137 e. The van der Waals surface area contributed by atoms with Crippen LogP contribution < -0.4 is 5.32 Å². The molecular weight excluding hydrogens is 200 g/mol. The monoisotopic (exact) mass is 216 g/mol. The molecule has 1 N–H and O–H groups in total. The van der Waals surface area contributed by atoms with Gasteiger partial charge in [0.1, 0.15) is 11.6 Å². The Morgan fingerprint density at radius 2 is 2.19 bits per heavy atom. The molecule has 0 aliphatic heterocycles. The summed E-state index contributed by atoms with van der Waals surface area (Å²) in [6, 6.07) is 4.10. The Morgan fingerprint density at radius 1 is 1.31 bits per heavy atom. The predicted octanol–water partition coefficient (Wildman–Crippen LogP) is 1.55. The molecule has 0 radical (unpaired) electrons. The molecule has 4 nitrogen and oxygen atoms in total. The van der Waals surface area contributed by atoms with Crippen LogP contribution in [0.5, 0.6) is 0 Å². The minimum atomic E-state index is 0.845. The number of nitrogens with zero attached hydrogens (tertiary/aromatic N) is 3. The summed E-state index contributed by atoms with van der Waals surface area (Å²) in [5.74, 6) is 1.96. The van der Waals surface area contributed by atoms with E-state index >= 15 is 0 Å². The number of aromatic nitrogens is 3. The van der Waals surface area contributed by atoms with Crippen LogP contribution in [0.25, 0.3) is 5.82 Å². The van der Waals surface area contributed by atoms with Crippen molar-refractivity contribution >= 4 is 0 Å². The van der Waals surface area contributed by atoms with E-state index in [1.54, 1.807) is 0 Å². The number of pyridine rings is 1. The van der Waals surface area contributed by atoms with Crippen molar-refractivity contribution in [1.82, 2.24) is 19.9 Å². The molecule has 0 saturated carbocycles. The minimum absolute atomic E-state index is 0.845. The number of hydrogen-bond donors (Lipinski definition) is 1. The number of rotatable bonds is 4. The van der Waals surface area contributed by atoms with E-state index in [9.17, 15) is 0 Å². The highest BCUT2D eigenvalue weighted by atomic mass is 15.1. The third kappa shape index (κ3) is 2.12. The van der Waals surface area contributed by atoms with Crippen LogP contribution in [-0.4, -0.2) is 21.6 Å². The zero-order chi connectivity index (χ0) is 11.4. The lowest BCUT2D eigenvalue weighted by molar-refractivity contribution is 0.807. The number of aryl methyl sites for hydroxylation is 1. The van der Waals surface area contributed by atoms with Crippen LogP contribution in [0.2, 0.25) is 0 Å². The van der Waals surface area contributed by atoms with Crippen molar-refractivity contribution in [3.63, 3.8) is 0 Å². The number of nitrogens with one attached hydrogen (secondary N) is 1. The summed E-state index contributed by atoms with van der Waals surface area (Å²) in [4.78, 5) is 8.71. The zero-order valence-electron chi connectivity index (χ0n) is 9.64. The van der Waals surface area contributed by atoms with E-state index in [4.69, 9.17) is 0 Å². The van der Waals surface area contributed by atoms with Crippen LogP contribution in [-0.2, 0) is 13.0 Å². The molecule has 0 atom stereocenters. The molecule has 16 heavy (non-hydrogen) atoms. The normalized spacial score (nSPS) is 10.6. The molecule has 2 aromatic rings. The second-order valence-corrected chi connectivity index (χ2v) is 3.62. The van der Waals surface area contributed by atoms with Crippen molar-refractivity contribution in [3.8, 4) is 5.82 Å². The molecule has 0 fully saturated rings. The lowest BCUT2D eigenvalue weighted by Crippen LogP contribution is -2.06. The van der Waals surface area contributed by atoms with Gasteiger partial charge in [-0.1, -0.05) is 13.0 Å². The van der Waals surface area contributed by atoms with E-state index in [2.05, 4.69) is 28.3 Å². The van der Waals surface area contributed by atoms with E-state index in [1.807, 2.05) is 36.3 Å². The summed E-state index contributed by atoms with van der Waals surface area (Å²) in [5, 5.41) is 3.10. The van der Waals surface area contributed by atoms with Gasteiger partial charge in [-0.05, 0) is 18.7 Å². The second kappa shape index (κ2) is 4.90. The van der Waals surface area contributed by atoms with E-state index in [-0.39, 0.29) is 0 Å². The quantitative estimate of drug-likeness (QED) is 0.843. The molecule has 0 bridgehead atoms. The van der Waals surface area contributed by atoms with E-state index in [1.165, 1.54) is 5.56 Å². The zero-order valence-corrected chi connectivity index (χ0v) is 9.64. The summed E-state index contributed by atoms with van der Waals surface area (Å²) >= 11 is 0. The lowest BCUT2D eigenvalue weighted by Gasteiger charge is -2.06. The highest BCUT2D eigenvalue weighted by Crippen LogP contribution is 2.09. The van der Waals surface area contributed by atoms with Crippen molar-refractivity contribution in [2.75, 3.05) is 7.05 Å². The van der Waals surface area contributed by atoms with Gasteiger partial charge in [-0.3, -0.25) is 4.57 Å². The van der Waals surface area contributed by atoms with Gasteiger partial charge in [-0.25, -0.2) is 9.97 Å². The molecule has 0 aliphatic carbocycles. The Kier molecular flexibility index (Phi) is 3.31. The number of hydrogen-bond acceptors (Lipinski definition) is 3. The van der Waals surface area contributed by atoms with E-state index < -0.39 is 0 Å². The minimum Gasteiger partial charge on any atom is -0.316 e. The first-order valence-corrected chi connectivity index (χ1v) is 5.47. The first-order chi connectivity index (χ1) is 7.85. The standard InChI is InChI=1S/C12H16N4/c1-3-11-14-6-7-16(11)12-5-4-10(8-13-2)9-15-12/h4-7,9,13H,3,8H2,1-2H3. The van der Waals surface area contributed by atoms with Gasteiger partial charge in [0.25, 0.3) is 0 Å².